The molecule has 7 heteroatoms. The van der Waals surface area contributed by atoms with Crippen molar-refractivity contribution < 1.29 is 14.5 Å². The number of rotatable bonds is 5. The summed E-state index contributed by atoms with van der Waals surface area (Å²) in [4.78, 5) is 22.4. The number of benzene rings is 1. The largest absolute Gasteiger partial charge is 0.462 e. The third-order valence-corrected chi connectivity index (χ3v) is 3.77. The van der Waals surface area contributed by atoms with Crippen LogP contribution in [0.4, 0.5) is 10.7 Å². The first-order valence-corrected chi connectivity index (χ1v) is 7.57. The van der Waals surface area contributed by atoms with Crippen molar-refractivity contribution >= 4 is 28.0 Å². The lowest BCUT2D eigenvalue weighted by Gasteiger charge is -2.09. The zero-order valence-electron chi connectivity index (χ0n) is 12.2. The van der Waals surface area contributed by atoms with Gasteiger partial charge >= 0.3 is 5.97 Å². The van der Waals surface area contributed by atoms with Crippen molar-refractivity contribution in [3.8, 4) is 11.1 Å². The molecule has 6 nitrogen and oxygen atoms in total. The Labute approximate surface area is 131 Å². The standard InChI is InChI=1S/C15H16N2O4S/c1-9(2)7-21-15(18)13-12(8-22-14(13)16)10-3-5-11(6-4-10)17(19)20/h3-6,8-9H,7,16H2,1-2H3. The van der Waals surface area contributed by atoms with Gasteiger partial charge in [0, 0.05) is 23.1 Å². The first-order chi connectivity index (χ1) is 10.4. The van der Waals surface area contributed by atoms with Crippen LogP contribution in [0, 0.1) is 16.0 Å². The van der Waals surface area contributed by atoms with E-state index >= 15 is 0 Å². The summed E-state index contributed by atoms with van der Waals surface area (Å²) in [5.41, 5.74) is 7.51. The van der Waals surface area contributed by atoms with E-state index in [4.69, 9.17) is 10.5 Å². The summed E-state index contributed by atoms with van der Waals surface area (Å²) in [7, 11) is 0. The lowest BCUT2D eigenvalue weighted by atomic mass is 10.0. The van der Waals surface area contributed by atoms with Gasteiger partial charge in [0.2, 0.25) is 0 Å². The number of nitrogens with two attached hydrogens (primary N) is 1. The van der Waals surface area contributed by atoms with Crippen molar-refractivity contribution in [1.82, 2.24) is 0 Å². The maximum absolute atomic E-state index is 12.2. The molecule has 0 amide bonds. The quantitative estimate of drug-likeness (QED) is 0.514. The van der Waals surface area contributed by atoms with E-state index in [1.165, 1.54) is 23.5 Å². The summed E-state index contributed by atoms with van der Waals surface area (Å²) in [5.74, 6) is -0.243. The van der Waals surface area contributed by atoms with Crippen molar-refractivity contribution in [2.45, 2.75) is 13.8 Å². The van der Waals surface area contributed by atoms with Crippen molar-refractivity contribution in [1.29, 1.82) is 0 Å². The molecule has 0 bridgehead atoms. The molecule has 2 N–H and O–H groups in total. The van der Waals surface area contributed by atoms with E-state index in [0.717, 1.165) is 0 Å². The molecule has 1 aromatic heterocycles. The Kier molecular flexibility index (Phi) is 4.77. The van der Waals surface area contributed by atoms with Gasteiger partial charge in [-0.15, -0.1) is 11.3 Å². The van der Waals surface area contributed by atoms with Crippen LogP contribution < -0.4 is 5.73 Å². The molecule has 0 aliphatic heterocycles. The summed E-state index contributed by atoms with van der Waals surface area (Å²) in [6.07, 6.45) is 0. The fraction of sp³-hybridized carbons (Fsp3) is 0.267. The zero-order valence-corrected chi connectivity index (χ0v) is 13.1. The van der Waals surface area contributed by atoms with Gasteiger partial charge in [-0.25, -0.2) is 4.79 Å². The fourth-order valence-corrected chi connectivity index (χ4v) is 2.68. The number of nitrogen functional groups attached to an aromatic ring is 1. The molecule has 2 aromatic rings. The Morgan fingerprint density at radius 3 is 2.55 bits per heavy atom. The van der Waals surface area contributed by atoms with E-state index in [-0.39, 0.29) is 11.6 Å². The normalized spacial score (nSPS) is 10.7. The molecule has 0 atom stereocenters. The van der Waals surface area contributed by atoms with E-state index < -0.39 is 10.9 Å². The van der Waals surface area contributed by atoms with Gasteiger partial charge in [0.05, 0.1) is 11.5 Å². The number of non-ortho nitro benzene ring substituents is 1. The van der Waals surface area contributed by atoms with Crippen LogP contribution in [0.3, 0.4) is 0 Å². The highest BCUT2D eigenvalue weighted by atomic mass is 32.1. The topological polar surface area (TPSA) is 95.5 Å². The van der Waals surface area contributed by atoms with Crippen molar-refractivity contribution in [3.05, 3.63) is 45.3 Å². The average Bonchev–Trinajstić information content (AvgIpc) is 2.86. The highest BCUT2D eigenvalue weighted by Crippen LogP contribution is 2.34. The molecule has 0 spiro atoms. The van der Waals surface area contributed by atoms with Crippen molar-refractivity contribution in [3.63, 3.8) is 0 Å². The number of anilines is 1. The Morgan fingerprint density at radius 2 is 2.00 bits per heavy atom. The number of nitro benzene ring substituents is 1. The second kappa shape index (κ2) is 6.57. The third-order valence-electron chi connectivity index (χ3n) is 2.96. The molecule has 0 fully saturated rings. The average molecular weight is 320 g/mol. The van der Waals surface area contributed by atoms with Crippen LogP contribution >= 0.6 is 11.3 Å². The van der Waals surface area contributed by atoms with Gasteiger partial charge in [0.25, 0.3) is 5.69 Å². The maximum Gasteiger partial charge on any atom is 0.341 e. The molecule has 1 heterocycles. The summed E-state index contributed by atoms with van der Waals surface area (Å²) in [5, 5.41) is 12.8. The lowest BCUT2D eigenvalue weighted by molar-refractivity contribution is -0.384. The zero-order chi connectivity index (χ0) is 16.3. The number of nitro groups is 1. The van der Waals surface area contributed by atoms with E-state index in [2.05, 4.69) is 0 Å². The number of carbonyl (C=O) groups excluding carboxylic acids is 1. The van der Waals surface area contributed by atoms with Crippen LogP contribution in [0.2, 0.25) is 0 Å². The van der Waals surface area contributed by atoms with E-state index in [0.29, 0.717) is 28.3 Å². The molecule has 1 aromatic carbocycles. The Bertz CT molecular complexity index is 692. The number of hydrogen-bond acceptors (Lipinski definition) is 6. The highest BCUT2D eigenvalue weighted by molar-refractivity contribution is 7.14. The van der Waals surface area contributed by atoms with Crippen LogP contribution in [0.15, 0.2) is 29.6 Å². The number of ether oxygens (including phenoxy) is 1. The second-order valence-electron chi connectivity index (χ2n) is 5.18. The van der Waals surface area contributed by atoms with Gasteiger partial charge < -0.3 is 10.5 Å². The van der Waals surface area contributed by atoms with Crippen LogP contribution in [0.25, 0.3) is 11.1 Å². The van der Waals surface area contributed by atoms with Gasteiger partial charge in [-0.3, -0.25) is 10.1 Å². The van der Waals surface area contributed by atoms with Gasteiger partial charge in [0.1, 0.15) is 10.6 Å². The van der Waals surface area contributed by atoms with Crippen LogP contribution in [-0.2, 0) is 4.74 Å². The molecule has 2 rings (SSSR count). The number of hydrogen-bond donors (Lipinski definition) is 1. The second-order valence-corrected chi connectivity index (χ2v) is 6.10. The molecule has 0 unspecified atom stereocenters. The molecule has 22 heavy (non-hydrogen) atoms. The van der Waals surface area contributed by atoms with Gasteiger partial charge in [-0.1, -0.05) is 13.8 Å². The number of carbonyl (C=O) groups is 1. The minimum absolute atomic E-state index is 0.00381. The minimum Gasteiger partial charge on any atom is -0.462 e. The summed E-state index contributed by atoms with van der Waals surface area (Å²) in [6.45, 7) is 4.21. The molecule has 0 aliphatic rings. The molecular weight excluding hydrogens is 304 g/mol. The van der Waals surface area contributed by atoms with Gasteiger partial charge in [0.15, 0.2) is 0 Å². The summed E-state index contributed by atoms with van der Waals surface area (Å²) < 4.78 is 5.23. The van der Waals surface area contributed by atoms with E-state index in [1.54, 1.807) is 17.5 Å². The minimum atomic E-state index is -0.471. The van der Waals surface area contributed by atoms with Crippen molar-refractivity contribution in [2.24, 2.45) is 5.92 Å². The molecule has 0 aliphatic carbocycles. The van der Waals surface area contributed by atoms with Gasteiger partial charge in [-0.2, -0.15) is 0 Å². The monoisotopic (exact) mass is 320 g/mol. The smallest absolute Gasteiger partial charge is 0.341 e. The molecule has 116 valence electrons. The molecular formula is C15H16N2O4S. The van der Waals surface area contributed by atoms with Gasteiger partial charge in [-0.05, 0) is 23.6 Å². The first kappa shape index (κ1) is 16.0. The summed E-state index contributed by atoms with van der Waals surface area (Å²) in [6, 6.07) is 5.98. The molecule has 0 saturated heterocycles. The van der Waals surface area contributed by atoms with Crippen LogP contribution in [0.1, 0.15) is 24.2 Å². The van der Waals surface area contributed by atoms with Crippen molar-refractivity contribution in [2.75, 3.05) is 12.3 Å². The SMILES string of the molecule is CC(C)COC(=O)c1c(-c2ccc([N+](=O)[O-])cc2)csc1N. The predicted octanol–water partition coefficient (Wildman–Crippen LogP) is 3.72. The molecule has 0 radical (unpaired) electrons. The van der Waals surface area contributed by atoms with Crippen LogP contribution in [-0.4, -0.2) is 17.5 Å². The van der Waals surface area contributed by atoms with Crippen LogP contribution in [0.5, 0.6) is 0 Å². The van der Waals surface area contributed by atoms with E-state index in [9.17, 15) is 14.9 Å². The number of esters is 1. The molecule has 0 saturated carbocycles. The predicted molar refractivity (Wildman–Crippen MR) is 85.9 cm³/mol. The maximum atomic E-state index is 12.2. The van der Waals surface area contributed by atoms with E-state index in [1.807, 2.05) is 13.8 Å². The number of thiophene rings is 1. The Hall–Kier alpha value is -2.41. The summed E-state index contributed by atoms with van der Waals surface area (Å²) >= 11 is 1.24. The lowest BCUT2D eigenvalue weighted by Crippen LogP contribution is -2.11. The Morgan fingerprint density at radius 1 is 1.36 bits per heavy atom. The fourth-order valence-electron chi connectivity index (χ4n) is 1.87. The third kappa shape index (κ3) is 3.43. The highest BCUT2D eigenvalue weighted by Gasteiger charge is 2.20. The first-order valence-electron chi connectivity index (χ1n) is 6.69. The Balaban J connectivity index is 2.32. The number of nitrogens with zero attached hydrogens (tertiary/aromatic N) is 1.